The number of aromatic nitrogens is 1. The minimum Gasteiger partial charge on any atom is -0.324 e. The standard InChI is InChI=1S/C15H24N2/c1-12-7-9-14(11-17-12)15(16)10-8-13-5-3-2-4-6-13/h7,9,11,13,15H,2-6,8,10,16H2,1H3. The van der Waals surface area contributed by atoms with Crippen LogP contribution in [-0.2, 0) is 0 Å². The summed E-state index contributed by atoms with van der Waals surface area (Å²) < 4.78 is 0. The highest BCUT2D eigenvalue weighted by molar-refractivity contribution is 5.16. The van der Waals surface area contributed by atoms with Crippen molar-refractivity contribution < 1.29 is 0 Å². The molecule has 1 fully saturated rings. The monoisotopic (exact) mass is 232 g/mol. The first-order valence-electron chi connectivity index (χ1n) is 6.94. The highest BCUT2D eigenvalue weighted by Gasteiger charge is 2.15. The first kappa shape index (κ1) is 12.6. The zero-order valence-electron chi connectivity index (χ0n) is 10.9. The van der Waals surface area contributed by atoms with Gasteiger partial charge in [0.15, 0.2) is 0 Å². The van der Waals surface area contributed by atoms with E-state index in [9.17, 15) is 0 Å². The van der Waals surface area contributed by atoms with Gasteiger partial charge in [-0.1, -0.05) is 38.2 Å². The van der Waals surface area contributed by atoms with Crippen LogP contribution in [0.2, 0.25) is 0 Å². The maximum atomic E-state index is 6.22. The van der Waals surface area contributed by atoms with Gasteiger partial charge in [-0.15, -0.1) is 0 Å². The Bertz CT molecular complexity index is 325. The molecule has 0 saturated heterocycles. The van der Waals surface area contributed by atoms with Crippen LogP contribution in [-0.4, -0.2) is 4.98 Å². The van der Waals surface area contributed by atoms with Crippen LogP contribution in [0.15, 0.2) is 18.3 Å². The lowest BCUT2D eigenvalue weighted by Gasteiger charge is -2.23. The lowest BCUT2D eigenvalue weighted by atomic mass is 9.85. The Labute approximate surface area is 105 Å². The molecule has 94 valence electrons. The molecule has 1 aromatic rings. The van der Waals surface area contributed by atoms with E-state index in [1.54, 1.807) is 0 Å². The van der Waals surface area contributed by atoms with Crippen LogP contribution >= 0.6 is 0 Å². The summed E-state index contributed by atoms with van der Waals surface area (Å²) in [6.07, 6.45) is 11.4. The molecule has 1 aliphatic carbocycles. The Morgan fingerprint density at radius 3 is 2.71 bits per heavy atom. The molecule has 1 atom stereocenters. The summed E-state index contributed by atoms with van der Waals surface area (Å²) in [6, 6.07) is 4.34. The Hall–Kier alpha value is -0.890. The van der Waals surface area contributed by atoms with Crippen molar-refractivity contribution >= 4 is 0 Å². The predicted octanol–water partition coefficient (Wildman–Crippen LogP) is 3.75. The lowest BCUT2D eigenvalue weighted by Crippen LogP contribution is -2.14. The van der Waals surface area contributed by atoms with Crippen LogP contribution < -0.4 is 5.73 Å². The minimum absolute atomic E-state index is 0.171. The average molecular weight is 232 g/mol. The van der Waals surface area contributed by atoms with E-state index in [4.69, 9.17) is 5.73 Å². The molecular formula is C15H24N2. The van der Waals surface area contributed by atoms with Crippen LogP contribution in [0, 0.1) is 12.8 Å². The highest BCUT2D eigenvalue weighted by atomic mass is 14.7. The van der Waals surface area contributed by atoms with Gasteiger partial charge in [0.25, 0.3) is 0 Å². The zero-order chi connectivity index (χ0) is 12.1. The van der Waals surface area contributed by atoms with Crippen molar-refractivity contribution in [3.05, 3.63) is 29.6 Å². The summed E-state index contributed by atoms with van der Waals surface area (Å²) in [5, 5.41) is 0. The molecule has 1 heterocycles. The summed E-state index contributed by atoms with van der Waals surface area (Å²) in [4.78, 5) is 4.31. The van der Waals surface area contributed by atoms with Gasteiger partial charge in [0, 0.05) is 17.9 Å². The van der Waals surface area contributed by atoms with Gasteiger partial charge in [-0.25, -0.2) is 0 Å². The number of pyridine rings is 1. The Morgan fingerprint density at radius 1 is 1.29 bits per heavy atom. The van der Waals surface area contributed by atoms with Crippen molar-refractivity contribution in [1.29, 1.82) is 0 Å². The topological polar surface area (TPSA) is 38.9 Å². The molecule has 0 bridgehead atoms. The van der Waals surface area contributed by atoms with Gasteiger partial charge in [0.1, 0.15) is 0 Å². The van der Waals surface area contributed by atoms with E-state index in [1.807, 2.05) is 13.1 Å². The largest absolute Gasteiger partial charge is 0.324 e. The van der Waals surface area contributed by atoms with Gasteiger partial charge in [0.2, 0.25) is 0 Å². The van der Waals surface area contributed by atoms with E-state index in [0.29, 0.717) is 0 Å². The quantitative estimate of drug-likeness (QED) is 0.858. The molecule has 1 unspecified atom stereocenters. The van der Waals surface area contributed by atoms with Crippen LogP contribution in [0.1, 0.15) is 62.2 Å². The SMILES string of the molecule is Cc1ccc(C(N)CCC2CCCCC2)cn1. The van der Waals surface area contributed by atoms with E-state index in [-0.39, 0.29) is 6.04 Å². The van der Waals surface area contributed by atoms with Gasteiger partial charge < -0.3 is 5.73 Å². The molecule has 2 rings (SSSR count). The third-order valence-electron chi connectivity index (χ3n) is 3.97. The van der Waals surface area contributed by atoms with E-state index >= 15 is 0 Å². The van der Waals surface area contributed by atoms with Crippen molar-refractivity contribution in [1.82, 2.24) is 4.98 Å². The van der Waals surface area contributed by atoms with Crippen LogP contribution in [0.3, 0.4) is 0 Å². The molecule has 1 aliphatic rings. The Morgan fingerprint density at radius 2 is 2.06 bits per heavy atom. The molecule has 1 aromatic heterocycles. The first-order chi connectivity index (χ1) is 8.25. The minimum atomic E-state index is 0.171. The molecule has 0 aliphatic heterocycles. The number of rotatable bonds is 4. The number of nitrogens with two attached hydrogens (primary N) is 1. The first-order valence-corrected chi connectivity index (χ1v) is 6.94. The molecule has 1 saturated carbocycles. The molecule has 0 spiro atoms. The highest BCUT2D eigenvalue weighted by Crippen LogP contribution is 2.29. The van der Waals surface area contributed by atoms with Gasteiger partial charge in [0.05, 0.1) is 0 Å². The number of hydrogen-bond acceptors (Lipinski definition) is 2. The maximum Gasteiger partial charge on any atom is 0.0372 e. The fourth-order valence-corrected chi connectivity index (χ4v) is 2.76. The van der Waals surface area contributed by atoms with Gasteiger partial charge in [-0.2, -0.15) is 0 Å². The van der Waals surface area contributed by atoms with Crippen LogP contribution in [0.25, 0.3) is 0 Å². The Balaban J connectivity index is 1.80. The van der Waals surface area contributed by atoms with Crippen LogP contribution in [0.4, 0.5) is 0 Å². The molecular weight excluding hydrogens is 208 g/mol. The van der Waals surface area contributed by atoms with E-state index in [1.165, 1.54) is 44.1 Å². The molecule has 0 aromatic carbocycles. The smallest absolute Gasteiger partial charge is 0.0372 e. The molecule has 2 N–H and O–H groups in total. The summed E-state index contributed by atoms with van der Waals surface area (Å²) >= 11 is 0. The van der Waals surface area contributed by atoms with Gasteiger partial charge in [-0.3, -0.25) is 4.98 Å². The molecule has 0 radical (unpaired) electrons. The average Bonchev–Trinajstić information content (AvgIpc) is 2.38. The third-order valence-corrected chi connectivity index (χ3v) is 3.97. The fraction of sp³-hybridized carbons (Fsp3) is 0.667. The second-order valence-corrected chi connectivity index (χ2v) is 5.42. The predicted molar refractivity (Wildman–Crippen MR) is 71.7 cm³/mol. The zero-order valence-corrected chi connectivity index (χ0v) is 10.9. The summed E-state index contributed by atoms with van der Waals surface area (Å²) in [7, 11) is 0. The molecule has 2 heteroatoms. The summed E-state index contributed by atoms with van der Waals surface area (Å²) in [6.45, 7) is 2.01. The summed E-state index contributed by atoms with van der Waals surface area (Å²) in [5.74, 6) is 0.924. The Kier molecular flexibility index (Phi) is 4.55. The molecule has 2 nitrogen and oxygen atoms in total. The van der Waals surface area contributed by atoms with Crippen LogP contribution in [0.5, 0.6) is 0 Å². The lowest BCUT2D eigenvalue weighted by molar-refractivity contribution is 0.324. The van der Waals surface area contributed by atoms with Gasteiger partial charge >= 0.3 is 0 Å². The maximum absolute atomic E-state index is 6.22. The van der Waals surface area contributed by atoms with Crippen molar-refractivity contribution in [2.24, 2.45) is 11.7 Å². The molecule has 0 amide bonds. The van der Waals surface area contributed by atoms with Crippen molar-refractivity contribution in [3.8, 4) is 0 Å². The van der Waals surface area contributed by atoms with Gasteiger partial charge in [-0.05, 0) is 37.3 Å². The second-order valence-electron chi connectivity index (χ2n) is 5.42. The van der Waals surface area contributed by atoms with Crippen molar-refractivity contribution in [2.45, 2.75) is 57.9 Å². The van der Waals surface area contributed by atoms with Crippen molar-refractivity contribution in [3.63, 3.8) is 0 Å². The van der Waals surface area contributed by atoms with Crippen molar-refractivity contribution in [2.75, 3.05) is 0 Å². The summed E-state index contributed by atoms with van der Waals surface area (Å²) in [5.41, 5.74) is 8.47. The van der Waals surface area contributed by atoms with E-state index in [0.717, 1.165) is 18.0 Å². The fourth-order valence-electron chi connectivity index (χ4n) is 2.76. The van der Waals surface area contributed by atoms with E-state index < -0.39 is 0 Å². The second kappa shape index (κ2) is 6.15. The molecule has 17 heavy (non-hydrogen) atoms. The van der Waals surface area contributed by atoms with E-state index in [2.05, 4.69) is 17.1 Å². The number of hydrogen-bond donors (Lipinski definition) is 1. The third kappa shape index (κ3) is 3.81. The number of nitrogens with zero attached hydrogens (tertiary/aromatic N) is 1. The normalized spacial score (nSPS) is 19.2. The number of aryl methyl sites for hydroxylation is 1.